The van der Waals surface area contributed by atoms with Crippen LogP contribution in [0.2, 0.25) is 5.02 Å². The van der Waals surface area contributed by atoms with Crippen LogP contribution in [0.5, 0.6) is 0 Å². The molecule has 3 rings (SSSR count). The third-order valence-corrected chi connectivity index (χ3v) is 6.20. The maximum absolute atomic E-state index is 6.26. The molecule has 0 unspecified atom stereocenters. The highest BCUT2D eigenvalue weighted by Gasteiger charge is 2.47. The number of amidine groups is 1. The molecule has 0 aromatic heterocycles. The fourth-order valence-electron chi connectivity index (χ4n) is 3.28. The molecule has 108 valence electrons. The van der Waals surface area contributed by atoms with Crippen molar-refractivity contribution in [2.75, 3.05) is 19.8 Å². The Labute approximate surface area is 138 Å². The summed E-state index contributed by atoms with van der Waals surface area (Å²) in [6, 6.07) is 6.23. The van der Waals surface area contributed by atoms with Gasteiger partial charge in [-0.2, -0.15) is 0 Å². The van der Waals surface area contributed by atoms with E-state index in [1.807, 2.05) is 17.8 Å². The lowest BCUT2D eigenvalue weighted by Crippen LogP contribution is -2.37. The first kappa shape index (κ1) is 14.7. The molecule has 20 heavy (non-hydrogen) atoms. The highest BCUT2D eigenvalue weighted by atomic mass is 79.9. The van der Waals surface area contributed by atoms with Crippen LogP contribution in [0.15, 0.2) is 27.7 Å². The number of thioether (sulfide) groups is 1. The topological polar surface area (TPSA) is 15.6 Å². The summed E-state index contributed by atoms with van der Waals surface area (Å²) in [5.41, 5.74) is 1.19. The van der Waals surface area contributed by atoms with Crippen molar-refractivity contribution in [2.45, 2.75) is 24.8 Å². The highest BCUT2D eigenvalue weighted by Crippen LogP contribution is 2.52. The molecular formula is C15H18BrClN2S. The Morgan fingerprint density at radius 2 is 2.20 bits per heavy atom. The predicted octanol–water partition coefficient (Wildman–Crippen LogP) is 4.76. The van der Waals surface area contributed by atoms with Crippen molar-refractivity contribution in [2.24, 2.45) is 10.9 Å². The van der Waals surface area contributed by atoms with Gasteiger partial charge >= 0.3 is 0 Å². The number of benzene rings is 1. The van der Waals surface area contributed by atoms with Crippen LogP contribution in [0.25, 0.3) is 0 Å². The molecule has 0 amide bonds. The number of hydrogen-bond acceptors (Lipinski definition) is 3. The summed E-state index contributed by atoms with van der Waals surface area (Å²) in [7, 11) is 4.14. The molecule has 5 heteroatoms. The molecule has 1 aromatic rings. The summed E-state index contributed by atoms with van der Waals surface area (Å²) in [4.78, 5) is 7.28. The number of rotatable bonds is 1. The zero-order valence-electron chi connectivity index (χ0n) is 11.7. The Morgan fingerprint density at radius 1 is 1.40 bits per heavy atom. The van der Waals surface area contributed by atoms with Gasteiger partial charge in [0.25, 0.3) is 0 Å². The molecule has 2 nitrogen and oxygen atoms in total. The van der Waals surface area contributed by atoms with E-state index in [1.165, 1.54) is 18.4 Å². The van der Waals surface area contributed by atoms with Crippen molar-refractivity contribution in [3.8, 4) is 0 Å². The van der Waals surface area contributed by atoms with E-state index in [0.717, 1.165) is 26.8 Å². The van der Waals surface area contributed by atoms with Gasteiger partial charge in [0.1, 0.15) is 0 Å². The van der Waals surface area contributed by atoms with Crippen LogP contribution in [0.1, 0.15) is 24.8 Å². The first-order chi connectivity index (χ1) is 9.51. The van der Waals surface area contributed by atoms with Gasteiger partial charge in [0.05, 0.1) is 5.54 Å². The van der Waals surface area contributed by atoms with Gasteiger partial charge in [-0.25, -0.2) is 0 Å². The smallest absolute Gasteiger partial charge is 0.159 e. The van der Waals surface area contributed by atoms with Gasteiger partial charge in [-0.15, -0.1) is 0 Å². The summed E-state index contributed by atoms with van der Waals surface area (Å²) < 4.78 is 1.04. The van der Waals surface area contributed by atoms with E-state index < -0.39 is 0 Å². The van der Waals surface area contributed by atoms with E-state index in [9.17, 15) is 0 Å². The first-order valence-electron chi connectivity index (χ1n) is 6.88. The molecule has 0 spiro atoms. The monoisotopic (exact) mass is 372 g/mol. The Morgan fingerprint density at radius 3 is 2.90 bits per heavy atom. The van der Waals surface area contributed by atoms with Crippen molar-refractivity contribution in [3.63, 3.8) is 0 Å². The number of nitrogens with zero attached hydrogens (tertiary/aromatic N) is 2. The molecule has 0 bridgehead atoms. The van der Waals surface area contributed by atoms with Crippen LogP contribution >= 0.6 is 39.3 Å². The molecule has 0 radical (unpaired) electrons. The van der Waals surface area contributed by atoms with Crippen molar-refractivity contribution < 1.29 is 0 Å². The van der Waals surface area contributed by atoms with Gasteiger partial charge in [0.2, 0.25) is 0 Å². The minimum atomic E-state index is -0.0712. The van der Waals surface area contributed by atoms with E-state index in [1.54, 1.807) is 0 Å². The average Bonchev–Trinajstić information content (AvgIpc) is 2.81. The van der Waals surface area contributed by atoms with Crippen LogP contribution in [0.3, 0.4) is 0 Å². The van der Waals surface area contributed by atoms with Crippen LogP contribution in [-0.2, 0) is 5.54 Å². The van der Waals surface area contributed by atoms with Crippen LogP contribution < -0.4 is 0 Å². The van der Waals surface area contributed by atoms with Gasteiger partial charge in [-0.1, -0.05) is 45.7 Å². The third kappa shape index (κ3) is 2.51. The lowest BCUT2D eigenvalue weighted by Gasteiger charge is -2.38. The lowest BCUT2D eigenvalue weighted by atomic mass is 9.82. The molecule has 1 saturated carbocycles. The van der Waals surface area contributed by atoms with Gasteiger partial charge in [0, 0.05) is 29.3 Å². The summed E-state index contributed by atoms with van der Waals surface area (Å²) in [5, 5.41) is 1.92. The number of hydrogen-bond donors (Lipinski definition) is 0. The summed E-state index contributed by atoms with van der Waals surface area (Å²) in [5.74, 6) is 1.78. The molecule has 1 heterocycles. The van der Waals surface area contributed by atoms with Crippen LogP contribution in [0, 0.1) is 5.92 Å². The fraction of sp³-hybridized carbons (Fsp3) is 0.533. The van der Waals surface area contributed by atoms with Crippen LogP contribution in [-0.4, -0.2) is 29.9 Å². The third-order valence-electron chi connectivity index (χ3n) is 4.24. The molecular weight excluding hydrogens is 356 g/mol. The maximum atomic E-state index is 6.26. The molecule has 2 atom stereocenters. The summed E-state index contributed by atoms with van der Waals surface area (Å²) in [6.07, 6.45) is 3.64. The Bertz CT molecular complexity index is 541. The minimum Gasteiger partial charge on any atom is -0.358 e. The fourth-order valence-corrected chi connectivity index (χ4v) is 5.42. The second-order valence-electron chi connectivity index (χ2n) is 5.77. The van der Waals surface area contributed by atoms with Gasteiger partial charge < -0.3 is 4.90 Å². The largest absolute Gasteiger partial charge is 0.358 e. The molecule has 2 aliphatic rings. The van der Waals surface area contributed by atoms with E-state index in [0.29, 0.717) is 5.92 Å². The van der Waals surface area contributed by atoms with Crippen molar-refractivity contribution in [1.29, 1.82) is 0 Å². The standard InChI is InChI=1S/C15H18BrClN2S/c1-19(2)14-18-15(5-3-4-10(15)9-20-14)11-6-12(16)8-13(17)7-11/h6-8,10H,3-5,9H2,1-2H3/t10-,15-/m0/s1. The molecule has 1 aliphatic carbocycles. The number of aliphatic imine (C=N–C) groups is 1. The first-order valence-corrected chi connectivity index (χ1v) is 9.03. The Balaban J connectivity index is 2.12. The minimum absolute atomic E-state index is 0.0712. The zero-order chi connectivity index (χ0) is 14.3. The summed E-state index contributed by atoms with van der Waals surface area (Å²) in [6.45, 7) is 0. The molecule has 0 saturated heterocycles. The molecule has 0 N–H and O–H groups in total. The highest BCUT2D eigenvalue weighted by molar-refractivity contribution is 9.10. The Hall–Kier alpha value is -0.190. The number of fused-ring (bicyclic) bond motifs is 1. The average molecular weight is 374 g/mol. The Kier molecular flexibility index (Phi) is 4.08. The summed E-state index contributed by atoms with van der Waals surface area (Å²) >= 11 is 11.7. The van der Waals surface area contributed by atoms with Crippen molar-refractivity contribution in [3.05, 3.63) is 33.3 Å². The molecule has 1 fully saturated rings. The lowest BCUT2D eigenvalue weighted by molar-refractivity contribution is 0.350. The van der Waals surface area contributed by atoms with Gasteiger partial charge in [-0.3, -0.25) is 4.99 Å². The second kappa shape index (κ2) is 5.54. The number of halogens is 2. The van der Waals surface area contributed by atoms with E-state index in [4.69, 9.17) is 16.6 Å². The van der Waals surface area contributed by atoms with Crippen LogP contribution in [0.4, 0.5) is 0 Å². The second-order valence-corrected chi connectivity index (χ2v) is 8.11. The zero-order valence-corrected chi connectivity index (χ0v) is 14.9. The van der Waals surface area contributed by atoms with E-state index in [-0.39, 0.29) is 5.54 Å². The van der Waals surface area contributed by atoms with Gasteiger partial charge in [-0.05, 0) is 42.5 Å². The van der Waals surface area contributed by atoms with Crippen molar-refractivity contribution in [1.82, 2.24) is 4.90 Å². The quantitative estimate of drug-likeness (QED) is 0.705. The predicted molar refractivity (Wildman–Crippen MR) is 91.8 cm³/mol. The maximum Gasteiger partial charge on any atom is 0.159 e. The SMILES string of the molecule is CN(C)C1=N[C@@]2(c3cc(Cl)cc(Br)c3)CCC[C@H]2CS1. The van der Waals surface area contributed by atoms with Crippen molar-refractivity contribution >= 4 is 44.5 Å². The normalized spacial score (nSPS) is 29.0. The van der Waals surface area contributed by atoms with Gasteiger partial charge in [0.15, 0.2) is 5.17 Å². The molecule has 1 aliphatic heterocycles. The molecule has 1 aromatic carbocycles. The van der Waals surface area contributed by atoms with E-state index >= 15 is 0 Å². The van der Waals surface area contributed by atoms with E-state index in [2.05, 4.69) is 47.1 Å².